The molecule has 3 nitrogen and oxygen atoms in total. The van der Waals surface area contributed by atoms with Crippen LogP contribution >= 0.6 is 11.6 Å². The standard InChI is InChI=1S/C12H9ClF2N2O/c1-6-16-10(7-2-4-8(13)5-3-7)9(11(14)15)12(18)17-6/h2-5,11H,1H3,(H,16,17,18). The molecule has 0 radical (unpaired) electrons. The third-order valence-electron chi connectivity index (χ3n) is 2.41. The molecule has 6 heteroatoms. The molecular formula is C12H9ClF2N2O. The molecule has 0 aliphatic heterocycles. The minimum atomic E-state index is -2.88. The summed E-state index contributed by atoms with van der Waals surface area (Å²) < 4.78 is 25.8. The van der Waals surface area contributed by atoms with Crippen molar-refractivity contribution in [2.24, 2.45) is 0 Å². The summed E-state index contributed by atoms with van der Waals surface area (Å²) in [5, 5.41) is 0.485. The maximum Gasteiger partial charge on any atom is 0.271 e. The lowest BCUT2D eigenvalue weighted by atomic mass is 10.1. The van der Waals surface area contributed by atoms with E-state index in [0.717, 1.165) is 0 Å². The second-order valence-electron chi connectivity index (χ2n) is 3.72. The van der Waals surface area contributed by atoms with Crippen LogP contribution in [0.25, 0.3) is 11.3 Å². The highest BCUT2D eigenvalue weighted by Gasteiger charge is 2.20. The minimum Gasteiger partial charge on any atom is -0.310 e. The molecule has 0 saturated heterocycles. The normalized spacial score (nSPS) is 10.9. The van der Waals surface area contributed by atoms with Gasteiger partial charge in [0.15, 0.2) is 0 Å². The number of nitrogens with zero attached hydrogens (tertiary/aromatic N) is 1. The third-order valence-corrected chi connectivity index (χ3v) is 2.66. The zero-order valence-corrected chi connectivity index (χ0v) is 10.1. The van der Waals surface area contributed by atoms with Gasteiger partial charge in [-0.3, -0.25) is 4.79 Å². The molecule has 0 spiro atoms. The van der Waals surface area contributed by atoms with Gasteiger partial charge in [0.25, 0.3) is 12.0 Å². The average Bonchev–Trinajstić information content (AvgIpc) is 2.28. The number of hydrogen-bond donors (Lipinski definition) is 1. The molecule has 0 bridgehead atoms. The van der Waals surface area contributed by atoms with Gasteiger partial charge in [-0.25, -0.2) is 13.8 Å². The van der Waals surface area contributed by atoms with Gasteiger partial charge in [-0.1, -0.05) is 23.7 Å². The summed E-state index contributed by atoms with van der Waals surface area (Å²) in [6.07, 6.45) is -2.88. The maximum atomic E-state index is 12.9. The number of aromatic nitrogens is 2. The molecule has 0 amide bonds. The summed E-state index contributed by atoms with van der Waals surface area (Å²) in [5.74, 6) is 0.286. The summed E-state index contributed by atoms with van der Waals surface area (Å²) in [6, 6.07) is 6.22. The Hall–Kier alpha value is -1.75. The van der Waals surface area contributed by atoms with Gasteiger partial charge >= 0.3 is 0 Å². The van der Waals surface area contributed by atoms with Crippen molar-refractivity contribution in [3.05, 3.63) is 51.0 Å². The Morgan fingerprint density at radius 3 is 2.44 bits per heavy atom. The van der Waals surface area contributed by atoms with Gasteiger partial charge in [0.2, 0.25) is 0 Å². The number of alkyl halides is 2. The monoisotopic (exact) mass is 270 g/mol. The van der Waals surface area contributed by atoms with Crippen molar-refractivity contribution in [2.45, 2.75) is 13.3 Å². The van der Waals surface area contributed by atoms with Crippen LogP contribution in [0, 0.1) is 6.92 Å². The molecule has 0 atom stereocenters. The van der Waals surface area contributed by atoms with E-state index in [4.69, 9.17) is 11.6 Å². The molecule has 1 aromatic heterocycles. The van der Waals surface area contributed by atoms with E-state index in [0.29, 0.717) is 10.6 Å². The van der Waals surface area contributed by atoms with Crippen molar-refractivity contribution in [2.75, 3.05) is 0 Å². The van der Waals surface area contributed by atoms with Crippen LogP contribution in [0.4, 0.5) is 8.78 Å². The number of halogens is 3. The molecule has 1 heterocycles. The zero-order valence-electron chi connectivity index (χ0n) is 9.38. The number of hydrogen-bond acceptors (Lipinski definition) is 2. The zero-order chi connectivity index (χ0) is 13.3. The Labute approximate surface area is 106 Å². The van der Waals surface area contributed by atoms with Crippen molar-refractivity contribution < 1.29 is 8.78 Å². The summed E-state index contributed by atoms with van der Waals surface area (Å²) in [4.78, 5) is 17.8. The largest absolute Gasteiger partial charge is 0.310 e. The molecule has 1 N–H and O–H groups in total. The molecule has 94 valence electrons. The van der Waals surface area contributed by atoms with Crippen LogP contribution in [0.2, 0.25) is 5.02 Å². The molecule has 0 saturated carbocycles. The van der Waals surface area contributed by atoms with Crippen molar-refractivity contribution in [1.29, 1.82) is 0 Å². The Bertz CT molecular complexity index is 623. The van der Waals surface area contributed by atoms with Crippen molar-refractivity contribution in [3.63, 3.8) is 0 Å². The van der Waals surface area contributed by atoms with Crippen LogP contribution in [0.15, 0.2) is 29.1 Å². The van der Waals surface area contributed by atoms with Gasteiger partial charge in [0.1, 0.15) is 11.4 Å². The van der Waals surface area contributed by atoms with Gasteiger partial charge in [0, 0.05) is 10.6 Å². The number of benzene rings is 1. The topological polar surface area (TPSA) is 45.8 Å². The van der Waals surface area contributed by atoms with Crippen molar-refractivity contribution in [3.8, 4) is 11.3 Å². The predicted octanol–water partition coefficient (Wildman–Crippen LogP) is 3.34. The van der Waals surface area contributed by atoms with Crippen LogP contribution in [-0.4, -0.2) is 9.97 Å². The van der Waals surface area contributed by atoms with Crippen molar-refractivity contribution >= 4 is 11.6 Å². The second kappa shape index (κ2) is 4.86. The van der Waals surface area contributed by atoms with E-state index in [2.05, 4.69) is 9.97 Å². The lowest BCUT2D eigenvalue weighted by Gasteiger charge is -2.08. The summed E-state index contributed by atoms with van der Waals surface area (Å²) in [7, 11) is 0. The molecule has 0 aliphatic rings. The van der Waals surface area contributed by atoms with E-state index in [-0.39, 0.29) is 11.5 Å². The molecule has 1 aromatic carbocycles. The summed E-state index contributed by atoms with van der Waals surface area (Å²) in [5.41, 5.74) is -1.02. The number of H-pyrrole nitrogens is 1. The fraction of sp³-hybridized carbons (Fsp3) is 0.167. The molecule has 0 unspecified atom stereocenters. The Kier molecular flexibility index (Phi) is 3.43. The summed E-state index contributed by atoms with van der Waals surface area (Å²) >= 11 is 5.73. The van der Waals surface area contributed by atoms with Gasteiger partial charge in [-0.2, -0.15) is 0 Å². The van der Waals surface area contributed by atoms with Crippen molar-refractivity contribution in [1.82, 2.24) is 9.97 Å². The highest BCUT2D eigenvalue weighted by molar-refractivity contribution is 6.30. The van der Waals surface area contributed by atoms with E-state index in [1.54, 1.807) is 24.3 Å². The first-order valence-corrected chi connectivity index (χ1v) is 5.51. The van der Waals surface area contributed by atoms with Crippen LogP contribution in [0.3, 0.4) is 0 Å². The van der Waals surface area contributed by atoms with Gasteiger partial charge in [-0.15, -0.1) is 0 Å². The number of aromatic amines is 1. The Morgan fingerprint density at radius 2 is 1.89 bits per heavy atom. The molecule has 0 fully saturated rings. The molecule has 0 aliphatic carbocycles. The molecule has 2 rings (SSSR count). The maximum absolute atomic E-state index is 12.9. The average molecular weight is 271 g/mol. The predicted molar refractivity (Wildman–Crippen MR) is 65.0 cm³/mol. The number of rotatable bonds is 2. The fourth-order valence-electron chi connectivity index (χ4n) is 1.63. The van der Waals surface area contributed by atoms with E-state index in [1.807, 2.05) is 0 Å². The Balaban J connectivity index is 2.69. The minimum absolute atomic E-state index is 0.0112. The fourth-order valence-corrected chi connectivity index (χ4v) is 1.75. The van der Waals surface area contributed by atoms with Crippen LogP contribution in [0.5, 0.6) is 0 Å². The van der Waals surface area contributed by atoms with E-state index in [9.17, 15) is 13.6 Å². The van der Waals surface area contributed by atoms with E-state index in [1.165, 1.54) is 6.92 Å². The lowest BCUT2D eigenvalue weighted by molar-refractivity contribution is 0.150. The lowest BCUT2D eigenvalue weighted by Crippen LogP contribution is -2.17. The smallest absolute Gasteiger partial charge is 0.271 e. The third kappa shape index (κ3) is 2.41. The molecule has 18 heavy (non-hydrogen) atoms. The first kappa shape index (κ1) is 12.7. The number of nitrogens with one attached hydrogen (secondary N) is 1. The van der Waals surface area contributed by atoms with E-state index < -0.39 is 17.5 Å². The Morgan fingerprint density at radius 1 is 1.28 bits per heavy atom. The van der Waals surface area contributed by atoms with Crippen LogP contribution in [0.1, 0.15) is 17.8 Å². The van der Waals surface area contributed by atoms with Crippen LogP contribution in [-0.2, 0) is 0 Å². The number of aryl methyl sites for hydroxylation is 1. The quantitative estimate of drug-likeness (QED) is 0.910. The van der Waals surface area contributed by atoms with Gasteiger partial charge in [0.05, 0.1) is 5.69 Å². The second-order valence-corrected chi connectivity index (χ2v) is 4.16. The molecule has 2 aromatic rings. The highest BCUT2D eigenvalue weighted by atomic mass is 35.5. The SMILES string of the molecule is Cc1nc(-c2ccc(Cl)cc2)c(C(F)F)c(=O)[nH]1. The van der Waals surface area contributed by atoms with E-state index >= 15 is 0 Å². The van der Waals surface area contributed by atoms with Crippen LogP contribution < -0.4 is 5.56 Å². The first-order chi connectivity index (χ1) is 8.49. The molecular weight excluding hydrogens is 262 g/mol. The highest BCUT2D eigenvalue weighted by Crippen LogP contribution is 2.27. The first-order valence-electron chi connectivity index (χ1n) is 5.14. The van der Waals surface area contributed by atoms with Gasteiger partial charge in [-0.05, 0) is 19.1 Å². The van der Waals surface area contributed by atoms with Gasteiger partial charge < -0.3 is 4.98 Å². The summed E-state index contributed by atoms with van der Waals surface area (Å²) in [6.45, 7) is 1.54.